The molecular formula is C17H23N5OS. The molecule has 1 amide bonds. The Hall–Kier alpha value is -1.70. The molecule has 2 aromatic heterocycles. The van der Waals surface area contributed by atoms with Crippen molar-refractivity contribution in [2.45, 2.75) is 26.6 Å². The molecule has 1 saturated heterocycles. The Balaban J connectivity index is 1.45. The minimum absolute atomic E-state index is 0.0782. The molecule has 7 heteroatoms. The molecule has 2 aliphatic rings. The zero-order chi connectivity index (χ0) is 16.7. The van der Waals surface area contributed by atoms with E-state index in [9.17, 15) is 4.79 Å². The van der Waals surface area contributed by atoms with Crippen molar-refractivity contribution in [3.05, 3.63) is 38.8 Å². The number of hydrogen-bond acceptors (Lipinski definition) is 5. The number of aromatic nitrogens is 2. The van der Waals surface area contributed by atoms with Gasteiger partial charge < -0.3 is 9.80 Å². The Kier molecular flexibility index (Phi) is 4.15. The van der Waals surface area contributed by atoms with E-state index < -0.39 is 0 Å². The van der Waals surface area contributed by atoms with Crippen LogP contribution in [0, 0.1) is 6.92 Å². The molecule has 2 aromatic rings. The molecule has 0 radical (unpaired) electrons. The van der Waals surface area contributed by atoms with Crippen LogP contribution in [-0.2, 0) is 19.6 Å². The van der Waals surface area contributed by atoms with Crippen molar-refractivity contribution in [1.29, 1.82) is 0 Å². The summed E-state index contributed by atoms with van der Waals surface area (Å²) in [4.78, 5) is 22.1. The number of thiophene rings is 1. The molecule has 2 aliphatic heterocycles. The molecular weight excluding hydrogens is 322 g/mol. The summed E-state index contributed by atoms with van der Waals surface area (Å²) in [7, 11) is 2.10. The van der Waals surface area contributed by atoms with Gasteiger partial charge in [0, 0.05) is 61.1 Å². The first-order chi connectivity index (χ1) is 11.6. The second kappa shape index (κ2) is 6.31. The van der Waals surface area contributed by atoms with Crippen LogP contribution in [-0.4, -0.2) is 64.0 Å². The molecule has 0 bridgehead atoms. The number of piperazine rings is 1. The normalized spacial score (nSPS) is 19.0. The van der Waals surface area contributed by atoms with Crippen molar-refractivity contribution in [2.75, 3.05) is 33.2 Å². The Labute approximate surface area is 146 Å². The van der Waals surface area contributed by atoms with Crippen molar-refractivity contribution >= 4 is 17.2 Å². The molecule has 0 aromatic carbocycles. The first-order valence-corrected chi connectivity index (χ1v) is 9.23. The average Bonchev–Trinajstić information content (AvgIpc) is 3.24. The summed E-state index contributed by atoms with van der Waals surface area (Å²) in [6, 6.07) is 4.36. The average molecular weight is 345 g/mol. The van der Waals surface area contributed by atoms with Gasteiger partial charge in [-0.05, 0) is 26.1 Å². The highest BCUT2D eigenvalue weighted by molar-refractivity contribution is 7.11. The summed E-state index contributed by atoms with van der Waals surface area (Å²) in [5.41, 5.74) is 2.81. The Morgan fingerprint density at radius 3 is 2.75 bits per heavy atom. The third-order valence-corrected chi connectivity index (χ3v) is 5.87. The number of fused-ring (bicyclic) bond motifs is 1. The summed E-state index contributed by atoms with van der Waals surface area (Å²) in [5, 5.41) is 7.41. The maximum atomic E-state index is 12.8. The van der Waals surface area contributed by atoms with Gasteiger partial charge in [0.15, 0.2) is 5.69 Å². The van der Waals surface area contributed by atoms with Crippen LogP contribution in [0.5, 0.6) is 0 Å². The van der Waals surface area contributed by atoms with Crippen LogP contribution < -0.4 is 0 Å². The fraction of sp³-hybridized carbons (Fsp3) is 0.529. The predicted octanol–water partition coefficient (Wildman–Crippen LogP) is 1.68. The topological polar surface area (TPSA) is 55.5 Å². The minimum Gasteiger partial charge on any atom is -0.335 e. The van der Waals surface area contributed by atoms with Gasteiger partial charge in [-0.25, -0.2) is 0 Å². The van der Waals surface area contributed by atoms with E-state index in [2.05, 4.69) is 46.1 Å². The van der Waals surface area contributed by atoms with E-state index >= 15 is 0 Å². The first-order valence-electron chi connectivity index (χ1n) is 8.42. The smallest absolute Gasteiger partial charge is 0.274 e. The number of rotatable bonds is 3. The molecule has 128 valence electrons. The van der Waals surface area contributed by atoms with Crippen LogP contribution >= 0.6 is 11.3 Å². The van der Waals surface area contributed by atoms with Gasteiger partial charge in [0.05, 0.1) is 5.69 Å². The molecule has 0 spiro atoms. The lowest BCUT2D eigenvalue weighted by Crippen LogP contribution is -2.47. The Bertz CT molecular complexity index is 744. The number of aryl methyl sites for hydroxylation is 1. The molecule has 24 heavy (non-hydrogen) atoms. The maximum absolute atomic E-state index is 12.8. The molecule has 4 rings (SSSR count). The van der Waals surface area contributed by atoms with Gasteiger partial charge in [-0.2, -0.15) is 5.10 Å². The lowest BCUT2D eigenvalue weighted by Gasteiger charge is -2.32. The molecule has 0 unspecified atom stereocenters. The van der Waals surface area contributed by atoms with E-state index in [-0.39, 0.29) is 5.91 Å². The largest absolute Gasteiger partial charge is 0.335 e. The van der Waals surface area contributed by atoms with E-state index in [0.29, 0.717) is 5.69 Å². The Morgan fingerprint density at radius 2 is 2.04 bits per heavy atom. The van der Waals surface area contributed by atoms with Crippen LogP contribution in [0.15, 0.2) is 12.1 Å². The molecule has 4 heterocycles. The van der Waals surface area contributed by atoms with E-state index in [0.717, 1.165) is 57.1 Å². The van der Waals surface area contributed by atoms with E-state index in [1.807, 2.05) is 16.2 Å². The number of carbonyl (C=O) groups excluding carboxylic acids is 1. The number of nitrogens with zero attached hydrogens (tertiary/aromatic N) is 4. The number of hydrogen-bond donors (Lipinski definition) is 1. The first kappa shape index (κ1) is 15.8. The van der Waals surface area contributed by atoms with Crippen LogP contribution in [0.3, 0.4) is 0 Å². The fourth-order valence-electron chi connectivity index (χ4n) is 3.44. The third kappa shape index (κ3) is 2.99. The molecule has 0 atom stereocenters. The van der Waals surface area contributed by atoms with Crippen molar-refractivity contribution < 1.29 is 4.79 Å². The van der Waals surface area contributed by atoms with E-state index in [4.69, 9.17) is 0 Å². The summed E-state index contributed by atoms with van der Waals surface area (Å²) in [6.07, 6.45) is 0. The van der Waals surface area contributed by atoms with Crippen LogP contribution in [0.1, 0.15) is 31.5 Å². The highest BCUT2D eigenvalue weighted by Gasteiger charge is 2.31. The van der Waals surface area contributed by atoms with E-state index in [1.54, 1.807) is 0 Å². The molecule has 1 N–H and O–H groups in total. The van der Waals surface area contributed by atoms with Gasteiger partial charge in [0.1, 0.15) is 0 Å². The Morgan fingerprint density at radius 1 is 1.25 bits per heavy atom. The van der Waals surface area contributed by atoms with Crippen LogP contribution in [0.2, 0.25) is 0 Å². The van der Waals surface area contributed by atoms with Crippen LogP contribution in [0.4, 0.5) is 0 Å². The SMILES string of the molecule is Cc1ccc(CN2Cc3[nH]nc(C(=O)N4CCN(C)CC4)c3C2)s1. The highest BCUT2D eigenvalue weighted by atomic mass is 32.1. The molecule has 1 fully saturated rings. The predicted molar refractivity (Wildman–Crippen MR) is 94.0 cm³/mol. The van der Waals surface area contributed by atoms with Crippen molar-refractivity contribution in [3.63, 3.8) is 0 Å². The number of carbonyl (C=O) groups is 1. The van der Waals surface area contributed by atoms with E-state index in [1.165, 1.54) is 9.75 Å². The quantitative estimate of drug-likeness (QED) is 0.920. The zero-order valence-corrected chi connectivity index (χ0v) is 15.0. The standard InChI is InChI=1S/C17H23N5OS/c1-12-3-4-13(24-12)9-21-10-14-15(11-21)18-19-16(14)17(23)22-7-5-20(2)6-8-22/h3-4H,5-11H2,1-2H3,(H,18,19). The van der Waals surface area contributed by atoms with Crippen molar-refractivity contribution in [1.82, 2.24) is 24.9 Å². The highest BCUT2D eigenvalue weighted by Crippen LogP contribution is 2.28. The van der Waals surface area contributed by atoms with Gasteiger partial charge in [-0.3, -0.25) is 14.8 Å². The summed E-state index contributed by atoms with van der Waals surface area (Å²) >= 11 is 1.84. The number of aromatic amines is 1. The second-order valence-electron chi connectivity index (χ2n) is 6.78. The fourth-order valence-corrected chi connectivity index (χ4v) is 4.38. The summed E-state index contributed by atoms with van der Waals surface area (Å²) in [6.45, 7) is 8.15. The van der Waals surface area contributed by atoms with Crippen molar-refractivity contribution in [2.24, 2.45) is 0 Å². The minimum atomic E-state index is 0.0782. The maximum Gasteiger partial charge on any atom is 0.274 e. The van der Waals surface area contributed by atoms with Crippen LogP contribution in [0.25, 0.3) is 0 Å². The monoisotopic (exact) mass is 345 g/mol. The number of nitrogens with one attached hydrogen (secondary N) is 1. The molecule has 0 saturated carbocycles. The summed E-state index contributed by atoms with van der Waals surface area (Å²) < 4.78 is 0. The number of amides is 1. The molecule has 6 nitrogen and oxygen atoms in total. The van der Waals surface area contributed by atoms with Crippen molar-refractivity contribution in [3.8, 4) is 0 Å². The second-order valence-corrected chi connectivity index (χ2v) is 8.15. The lowest BCUT2D eigenvalue weighted by atomic mass is 10.2. The summed E-state index contributed by atoms with van der Waals surface area (Å²) in [5.74, 6) is 0.0782. The van der Waals surface area contributed by atoms with Gasteiger partial charge >= 0.3 is 0 Å². The third-order valence-electron chi connectivity index (χ3n) is 4.88. The molecule has 0 aliphatic carbocycles. The zero-order valence-electron chi connectivity index (χ0n) is 14.2. The van der Waals surface area contributed by atoms with Gasteiger partial charge in [0.2, 0.25) is 0 Å². The number of likely N-dealkylation sites (N-methyl/N-ethyl adjacent to an activating group) is 1. The van der Waals surface area contributed by atoms with Gasteiger partial charge in [-0.1, -0.05) is 0 Å². The van der Waals surface area contributed by atoms with Gasteiger partial charge in [-0.15, -0.1) is 11.3 Å². The number of H-pyrrole nitrogens is 1. The lowest BCUT2D eigenvalue weighted by molar-refractivity contribution is 0.0656. The van der Waals surface area contributed by atoms with Gasteiger partial charge in [0.25, 0.3) is 5.91 Å².